The Morgan fingerprint density at radius 2 is 2.00 bits per heavy atom. The fourth-order valence-corrected chi connectivity index (χ4v) is 2.07. The van der Waals surface area contributed by atoms with E-state index in [1.165, 1.54) is 0 Å². The van der Waals surface area contributed by atoms with Crippen molar-refractivity contribution in [2.45, 2.75) is 0 Å². The van der Waals surface area contributed by atoms with Gasteiger partial charge >= 0.3 is 0 Å². The molecule has 0 bridgehead atoms. The van der Waals surface area contributed by atoms with Crippen LogP contribution in [0.4, 0.5) is 5.82 Å². The van der Waals surface area contributed by atoms with Gasteiger partial charge in [0.1, 0.15) is 5.82 Å². The van der Waals surface area contributed by atoms with Crippen molar-refractivity contribution in [2.75, 3.05) is 5.32 Å². The minimum Gasteiger partial charge on any atom is -0.306 e. The van der Waals surface area contributed by atoms with Gasteiger partial charge in [0, 0.05) is 6.20 Å². The number of halogens is 3. The van der Waals surface area contributed by atoms with Gasteiger partial charge in [-0.05, 0) is 40.2 Å². The summed E-state index contributed by atoms with van der Waals surface area (Å²) in [5, 5.41) is 3.22. The molecule has 0 saturated carbocycles. The smallest absolute Gasteiger partial charge is 0.258 e. The molecule has 3 nitrogen and oxygen atoms in total. The molecule has 1 amide bonds. The van der Waals surface area contributed by atoms with Gasteiger partial charge in [0.25, 0.3) is 5.91 Å². The number of amides is 1. The molecule has 6 heteroatoms. The van der Waals surface area contributed by atoms with Crippen LogP contribution in [0.2, 0.25) is 10.0 Å². The van der Waals surface area contributed by atoms with Crippen molar-refractivity contribution in [1.29, 1.82) is 0 Å². The second kappa shape index (κ2) is 5.69. The first kappa shape index (κ1) is 13.3. The number of pyridine rings is 1. The van der Waals surface area contributed by atoms with Gasteiger partial charge in [-0.3, -0.25) is 4.79 Å². The maximum absolute atomic E-state index is 12.0. The van der Waals surface area contributed by atoms with E-state index < -0.39 is 0 Å². The summed E-state index contributed by atoms with van der Waals surface area (Å²) in [6.45, 7) is 0. The van der Waals surface area contributed by atoms with E-state index in [2.05, 4.69) is 26.2 Å². The Kier molecular flexibility index (Phi) is 4.22. The number of aromatic nitrogens is 1. The maximum Gasteiger partial charge on any atom is 0.258 e. The standard InChI is InChI=1S/C12H7BrCl2N2O/c13-8-4-2-6-16-11(8)17-12(18)7-3-1-5-9(14)10(7)15/h1-6H,(H,16,17,18). The predicted octanol–water partition coefficient (Wildman–Crippen LogP) is 4.40. The molecule has 0 atom stereocenters. The van der Waals surface area contributed by atoms with Crippen molar-refractivity contribution in [3.63, 3.8) is 0 Å². The van der Waals surface area contributed by atoms with Gasteiger partial charge in [-0.15, -0.1) is 0 Å². The van der Waals surface area contributed by atoms with Crippen molar-refractivity contribution in [2.24, 2.45) is 0 Å². The third kappa shape index (κ3) is 2.83. The van der Waals surface area contributed by atoms with Crippen LogP contribution < -0.4 is 5.32 Å². The molecule has 2 aromatic rings. The second-order valence-electron chi connectivity index (χ2n) is 3.39. The minimum atomic E-state index is -0.359. The van der Waals surface area contributed by atoms with E-state index in [-0.39, 0.29) is 10.9 Å². The third-order valence-corrected chi connectivity index (χ3v) is 3.65. The van der Waals surface area contributed by atoms with E-state index in [0.717, 1.165) is 0 Å². The van der Waals surface area contributed by atoms with Gasteiger partial charge < -0.3 is 5.32 Å². The van der Waals surface area contributed by atoms with E-state index >= 15 is 0 Å². The van der Waals surface area contributed by atoms with E-state index in [0.29, 0.717) is 20.9 Å². The van der Waals surface area contributed by atoms with E-state index in [1.807, 2.05) is 0 Å². The van der Waals surface area contributed by atoms with Crippen LogP contribution in [0.1, 0.15) is 10.4 Å². The molecular formula is C12H7BrCl2N2O. The molecular weight excluding hydrogens is 339 g/mol. The first-order valence-corrected chi connectivity index (χ1v) is 6.50. The minimum absolute atomic E-state index is 0.226. The number of hydrogen-bond donors (Lipinski definition) is 1. The summed E-state index contributed by atoms with van der Waals surface area (Å²) < 4.78 is 0.691. The lowest BCUT2D eigenvalue weighted by molar-refractivity contribution is 0.102. The van der Waals surface area contributed by atoms with Gasteiger partial charge in [0.2, 0.25) is 0 Å². The van der Waals surface area contributed by atoms with Crippen LogP contribution in [0.15, 0.2) is 41.0 Å². The fraction of sp³-hybridized carbons (Fsp3) is 0. The molecule has 1 aromatic carbocycles. The molecule has 0 unspecified atom stereocenters. The van der Waals surface area contributed by atoms with Crippen LogP contribution >= 0.6 is 39.1 Å². The topological polar surface area (TPSA) is 42.0 Å². The lowest BCUT2D eigenvalue weighted by Gasteiger charge is -2.08. The molecule has 1 heterocycles. The summed E-state index contributed by atoms with van der Waals surface area (Å²) in [5.74, 6) is 0.0699. The Labute approximate surface area is 122 Å². The van der Waals surface area contributed by atoms with Gasteiger partial charge in [-0.1, -0.05) is 29.3 Å². The molecule has 0 saturated heterocycles. The summed E-state index contributed by atoms with van der Waals surface area (Å²) in [6, 6.07) is 8.42. The number of benzene rings is 1. The van der Waals surface area contributed by atoms with Crippen molar-refractivity contribution in [3.8, 4) is 0 Å². The van der Waals surface area contributed by atoms with Gasteiger partial charge in [0.15, 0.2) is 0 Å². The SMILES string of the molecule is O=C(Nc1ncccc1Br)c1cccc(Cl)c1Cl. The van der Waals surface area contributed by atoms with E-state index in [4.69, 9.17) is 23.2 Å². The highest BCUT2D eigenvalue weighted by Crippen LogP contribution is 2.27. The Hall–Kier alpha value is -1.10. The third-order valence-electron chi connectivity index (χ3n) is 2.19. The number of hydrogen-bond acceptors (Lipinski definition) is 2. The molecule has 2 rings (SSSR count). The van der Waals surface area contributed by atoms with Crippen LogP contribution in [-0.4, -0.2) is 10.9 Å². The highest BCUT2D eigenvalue weighted by molar-refractivity contribution is 9.10. The summed E-state index contributed by atoms with van der Waals surface area (Å²) in [4.78, 5) is 16.1. The number of nitrogens with zero attached hydrogens (tertiary/aromatic N) is 1. The highest BCUT2D eigenvalue weighted by atomic mass is 79.9. The molecule has 1 aromatic heterocycles. The van der Waals surface area contributed by atoms with Crippen molar-refractivity contribution in [3.05, 3.63) is 56.6 Å². The molecule has 1 N–H and O–H groups in total. The normalized spacial score (nSPS) is 10.2. The van der Waals surface area contributed by atoms with Gasteiger partial charge in [-0.25, -0.2) is 4.98 Å². The van der Waals surface area contributed by atoms with Gasteiger partial charge in [-0.2, -0.15) is 0 Å². The zero-order valence-electron chi connectivity index (χ0n) is 8.95. The van der Waals surface area contributed by atoms with Crippen LogP contribution in [-0.2, 0) is 0 Å². The molecule has 0 aliphatic carbocycles. The number of rotatable bonds is 2. The Morgan fingerprint density at radius 1 is 1.22 bits per heavy atom. The van der Waals surface area contributed by atoms with E-state index in [9.17, 15) is 4.79 Å². The molecule has 0 spiro atoms. The van der Waals surface area contributed by atoms with Crippen LogP contribution in [0.25, 0.3) is 0 Å². The quantitative estimate of drug-likeness (QED) is 0.876. The number of carbonyl (C=O) groups excluding carboxylic acids is 1. The first-order valence-electron chi connectivity index (χ1n) is 4.95. The molecule has 0 aliphatic heterocycles. The maximum atomic E-state index is 12.0. The molecule has 0 aliphatic rings. The van der Waals surface area contributed by atoms with Crippen LogP contribution in [0.5, 0.6) is 0 Å². The van der Waals surface area contributed by atoms with Crippen molar-refractivity contribution < 1.29 is 4.79 Å². The molecule has 18 heavy (non-hydrogen) atoms. The summed E-state index contributed by atoms with van der Waals surface area (Å²) in [6.07, 6.45) is 1.58. The van der Waals surface area contributed by atoms with Crippen molar-refractivity contribution in [1.82, 2.24) is 4.98 Å². The summed E-state index contributed by atoms with van der Waals surface area (Å²) in [7, 11) is 0. The second-order valence-corrected chi connectivity index (χ2v) is 5.03. The number of anilines is 1. The number of carbonyl (C=O) groups is 1. The monoisotopic (exact) mass is 344 g/mol. The molecule has 0 fully saturated rings. The lowest BCUT2D eigenvalue weighted by Crippen LogP contribution is -2.13. The zero-order valence-corrected chi connectivity index (χ0v) is 12.1. The molecule has 0 radical (unpaired) electrons. The zero-order chi connectivity index (χ0) is 13.1. The Morgan fingerprint density at radius 3 is 2.72 bits per heavy atom. The highest BCUT2D eigenvalue weighted by Gasteiger charge is 2.14. The lowest BCUT2D eigenvalue weighted by atomic mass is 10.2. The number of nitrogens with one attached hydrogen (secondary N) is 1. The Bertz CT molecular complexity index is 604. The van der Waals surface area contributed by atoms with Gasteiger partial charge in [0.05, 0.1) is 20.1 Å². The summed E-state index contributed by atoms with van der Waals surface area (Å²) >= 11 is 15.1. The average molecular weight is 346 g/mol. The Balaban J connectivity index is 2.28. The van der Waals surface area contributed by atoms with Crippen LogP contribution in [0.3, 0.4) is 0 Å². The van der Waals surface area contributed by atoms with E-state index in [1.54, 1.807) is 36.5 Å². The fourth-order valence-electron chi connectivity index (χ4n) is 1.33. The average Bonchev–Trinajstić information content (AvgIpc) is 2.35. The molecule has 92 valence electrons. The largest absolute Gasteiger partial charge is 0.306 e. The predicted molar refractivity (Wildman–Crippen MR) is 76.4 cm³/mol. The first-order chi connectivity index (χ1) is 8.59. The summed E-state index contributed by atoms with van der Waals surface area (Å²) in [5.41, 5.74) is 0.307. The van der Waals surface area contributed by atoms with Crippen molar-refractivity contribution >= 4 is 50.9 Å². The van der Waals surface area contributed by atoms with Crippen LogP contribution in [0, 0.1) is 0 Å².